The van der Waals surface area contributed by atoms with E-state index < -0.39 is 29.5 Å². The fraction of sp³-hybridized carbons (Fsp3) is 0.826. The van der Waals surface area contributed by atoms with Crippen molar-refractivity contribution in [2.24, 2.45) is 40.1 Å². The molecule has 0 amide bonds. The van der Waals surface area contributed by atoms with Crippen molar-refractivity contribution in [3.05, 3.63) is 11.6 Å². The molecular weight excluding hydrogens is 579 g/mol. The van der Waals surface area contributed by atoms with Crippen LogP contribution in [0.25, 0.3) is 0 Å². The largest absolute Gasteiger partial charge is 0.393 e. The fourth-order valence-corrected chi connectivity index (χ4v) is 7.28. The molecule has 7 atom stereocenters. The van der Waals surface area contributed by atoms with Crippen LogP contribution in [0.4, 0.5) is 0 Å². The maximum absolute atomic E-state index is 12.4. The minimum Gasteiger partial charge on any atom is -0.393 e. The molecule has 3 fully saturated rings. The average molecular weight is 618 g/mol. The second kappa shape index (κ2) is 9.82. The normalized spacial score (nSPS) is 43.3. The van der Waals surface area contributed by atoms with Gasteiger partial charge in [0.1, 0.15) is 12.2 Å². The Morgan fingerprint density at radius 2 is 1.81 bits per heavy atom. The predicted molar refractivity (Wildman–Crippen MR) is 113 cm³/mol. The number of hydrogen-bond donors (Lipinski definition) is 5. The molecule has 31 heavy (non-hydrogen) atoms. The number of nitrogens with two attached hydrogens (primary N) is 2. The number of rotatable bonds is 3. The van der Waals surface area contributed by atoms with Gasteiger partial charge in [0.15, 0.2) is 11.6 Å². The summed E-state index contributed by atoms with van der Waals surface area (Å²) in [6.45, 7) is 4.65. The smallest absolute Gasteiger partial charge is 0.190 e. The standard InChI is InChI=1S/C21H30O5.C2H8N2.Pt/c1-19-7-5-13(23)9-12(19)3-4-14-15-6-8-21(26,17(25)11-22)20(15,2)10-16(24)18(14)19;3-1-2-4;/h9,14-16,18,22,24,26H,3-8,10-11H2,1-2H3;1-4H2;/t14?,15?,16-,18?,19-,20-,21-;;/m0../s1. The number of ketones is 2. The molecule has 0 spiro atoms. The van der Waals surface area contributed by atoms with Gasteiger partial charge in [-0.25, -0.2) is 0 Å². The Morgan fingerprint density at radius 3 is 2.39 bits per heavy atom. The van der Waals surface area contributed by atoms with E-state index in [-0.39, 0.29) is 50.0 Å². The van der Waals surface area contributed by atoms with Crippen LogP contribution < -0.4 is 11.5 Å². The van der Waals surface area contributed by atoms with Crippen molar-refractivity contribution >= 4 is 11.6 Å². The third-order valence-corrected chi connectivity index (χ3v) is 8.82. The first-order chi connectivity index (χ1) is 14.1. The molecule has 0 saturated heterocycles. The molecular formula is C23H38N2O5Pt. The first-order valence-corrected chi connectivity index (χ1v) is 11.3. The quantitative estimate of drug-likeness (QED) is 0.313. The second-order valence-electron chi connectivity index (χ2n) is 10.1. The Labute approximate surface area is 199 Å². The van der Waals surface area contributed by atoms with Crippen molar-refractivity contribution in [2.75, 3.05) is 19.7 Å². The number of carbonyl (C=O) groups excluding carboxylic acids is 2. The van der Waals surface area contributed by atoms with Crippen LogP contribution >= 0.6 is 0 Å². The predicted octanol–water partition coefficient (Wildman–Crippen LogP) is 0.683. The van der Waals surface area contributed by atoms with Gasteiger partial charge in [0.05, 0.1) is 6.10 Å². The minimum absolute atomic E-state index is 0. The van der Waals surface area contributed by atoms with Gasteiger partial charge >= 0.3 is 0 Å². The molecule has 0 aromatic rings. The molecule has 3 unspecified atom stereocenters. The van der Waals surface area contributed by atoms with Crippen LogP contribution in [-0.4, -0.2) is 58.3 Å². The SMILES string of the molecule is C[C@]12CCC(=O)C=C1CCC1C2[C@@H](O)C[C@@]2(C)C1CC[C@]2(O)C(=O)CO.NCCN.[Pt]. The summed E-state index contributed by atoms with van der Waals surface area (Å²) in [7, 11) is 0. The minimum atomic E-state index is -1.54. The van der Waals surface area contributed by atoms with Crippen LogP contribution in [-0.2, 0) is 30.7 Å². The zero-order valence-electron chi connectivity index (χ0n) is 18.6. The molecule has 4 aliphatic rings. The van der Waals surface area contributed by atoms with E-state index in [1.807, 2.05) is 6.92 Å². The van der Waals surface area contributed by atoms with Crippen LogP contribution in [0, 0.1) is 28.6 Å². The summed E-state index contributed by atoms with van der Waals surface area (Å²) in [5.41, 5.74) is 8.57. The molecule has 8 heteroatoms. The van der Waals surface area contributed by atoms with Crippen molar-refractivity contribution in [1.29, 1.82) is 0 Å². The Balaban J connectivity index is 0.000000631. The van der Waals surface area contributed by atoms with Crippen LogP contribution in [0.15, 0.2) is 11.6 Å². The average Bonchev–Trinajstić information content (AvgIpc) is 2.99. The van der Waals surface area contributed by atoms with Crippen molar-refractivity contribution in [1.82, 2.24) is 0 Å². The van der Waals surface area contributed by atoms with Crippen LogP contribution in [0.5, 0.6) is 0 Å². The Morgan fingerprint density at radius 1 is 1.16 bits per heavy atom. The first kappa shape index (κ1) is 26.8. The Kier molecular flexibility index (Phi) is 8.50. The van der Waals surface area contributed by atoms with Gasteiger partial charge in [-0.3, -0.25) is 9.59 Å². The maximum Gasteiger partial charge on any atom is 0.190 e. The maximum atomic E-state index is 12.4. The molecule has 0 radical (unpaired) electrons. The Bertz CT molecular complexity index is 729. The molecule has 180 valence electrons. The number of carbonyl (C=O) groups is 2. The summed E-state index contributed by atoms with van der Waals surface area (Å²) in [4.78, 5) is 24.3. The molecule has 4 aliphatic carbocycles. The monoisotopic (exact) mass is 617 g/mol. The summed E-state index contributed by atoms with van der Waals surface area (Å²) in [5.74, 6) is 0.140. The Hall–Kier alpha value is -0.432. The zero-order chi connectivity index (χ0) is 22.3. The first-order valence-electron chi connectivity index (χ1n) is 11.3. The zero-order valence-corrected chi connectivity index (χ0v) is 20.9. The van der Waals surface area contributed by atoms with Crippen molar-refractivity contribution < 1.29 is 46.0 Å². The summed E-state index contributed by atoms with van der Waals surface area (Å²) < 4.78 is 0. The number of aliphatic hydroxyl groups excluding tert-OH is 2. The molecule has 0 aliphatic heterocycles. The molecule has 0 aromatic heterocycles. The summed E-state index contributed by atoms with van der Waals surface area (Å²) in [6, 6.07) is 0. The van der Waals surface area contributed by atoms with Crippen molar-refractivity contribution in [2.45, 2.75) is 70.5 Å². The van der Waals surface area contributed by atoms with Gasteiger partial charge in [0.25, 0.3) is 0 Å². The van der Waals surface area contributed by atoms with Gasteiger partial charge in [-0.1, -0.05) is 19.4 Å². The molecule has 7 N–H and O–H groups in total. The van der Waals surface area contributed by atoms with E-state index in [0.717, 1.165) is 25.7 Å². The van der Waals surface area contributed by atoms with Crippen LogP contribution in [0.1, 0.15) is 58.8 Å². The van der Waals surface area contributed by atoms with E-state index >= 15 is 0 Å². The molecule has 4 rings (SSSR count). The van der Waals surface area contributed by atoms with E-state index in [1.54, 1.807) is 6.08 Å². The van der Waals surface area contributed by atoms with Crippen LogP contribution in [0.2, 0.25) is 0 Å². The van der Waals surface area contributed by atoms with Crippen molar-refractivity contribution in [3.63, 3.8) is 0 Å². The van der Waals surface area contributed by atoms with Gasteiger partial charge in [0, 0.05) is 46.0 Å². The van der Waals surface area contributed by atoms with Crippen LogP contribution in [0.3, 0.4) is 0 Å². The number of aliphatic hydroxyl groups is 3. The van der Waals surface area contributed by atoms with Gasteiger partial charge < -0.3 is 26.8 Å². The number of Topliss-reactive ketones (excluding diaryl/α,β-unsaturated/α-hetero) is 1. The molecule has 0 bridgehead atoms. The molecule has 0 heterocycles. The van der Waals surface area contributed by atoms with Crippen molar-refractivity contribution in [3.8, 4) is 0 Å². The number of hydrogen-bond acceptors (Lipinski definition) is 7. The summed E-state index contributed by atoms with van der Waals surface area (Å²) in [6.07, 6.45) is 5.74. The third kappa shape index (κ3) is 4.15. The second-order valence-corrected chi connectivity index (χ2v) is 10.1. The molecule has 3 saturated carbocycles. The molecule has 0 aromatic carbocycles. The van der Waals surface area contributed by atoms with Gasteiger partial charge in [0.2, 0.25) is 0 Å². The van der Waals surface area contributed by atoms with E-state index in [4.69, 9.17) is 11.5 Å². The van der Waals surface area contributed by atoms with Gasteiger partial charge in [-0.15, -0.1) is 0 Å². The summed E-state index contributed by atoms with van der Waals surface area (Å²) in [5, 5.41) is 31.7. The van der Waals surface area contributed by atoms with E-state index in [1.165, 1.54) is 5.57 Å². The van der Waals surface area contributed by atoms with E-state index in [9.17, 15) is 24.9 Å². The van der Waals surface area contributed by atoms with Gasteiger partial charge in [-0.05, 0) is 67.8 Å². The summed E-state index contributed by atoms with van der Waals surface area (Å²) >= 11 is 0. The van der Waals surface area contributed by atoms with E-state index in [0.29, 0.717) is 32.4 Å². The number of fused-ring (bicyclic) bond motifs is 5. The third-order valence-electron chi connectivity index (χ3n) is 8.82. The topological polar surface area (TPSA) is 147 Å². The van der Waals surface area contributed by atoms with E-state index in [2.05, 4.69) is 6.92 Å². The van der Waals surface area contributed by atoms with Gasteiger partial charge in [-0.2, -0.15) is 0 Å². The number of allylic oxidation sites excluding steroid dienone is 1. The molecule has 7 nitrogen and oxygen atoms in total. The fourth-order valence-electron chi connectivity index (χ4n) is 7.28.